The third-order valence-corrected chi connectivity index (χ3v) is 3.79. The highest BCUT2D eigenvalue weighted by Crippen LogP contribution is 2.27. The van der Waals surface area contributed by atoms with Crippen LogP contribution in [0.5, 0.6) is 0 Å². The normalized spacial score (nSPS) is 19.2. The lowest BCUT2D eigenvalue weighted by molar-refractivity contribution is 0.0246. The van der Waals surface area contributed by atoms with E-state index in [0.29, 0.717) is 34.8 Å². The number of morpholine rings is 1. The summed E-state index contributed by atoms with van der Waals surface area (Å²) in [5.41, 5.74) is 0.775. The predicted molar refractivity (Wildman–Crippen MR) is 76.1 cm³/mol. The molecule has 1 fully saturated rings. The maximum atomic E-state index is 5.98. The van der Waals surface area contributed by atoms with Crippen LogP contribution in [0.25, 0.3) is 11.4 Å². The van der Waals surface area contributed by atoms with Crippen LogP contribution in [-0.2, 0) is 11.2 Å². The van der Waals surface area contributed by atoms with Gasteiger partial charge in [0.2, 0.25) is 11.7 Å². The van der Waals surface area contributed by atoms with Crippen molar-refractivity contribution in [1.82, 2.24) is 15.5 Å². The lowest BCUT2D eigenvalue weighted by Gasteiger charge is -2.21. The third kappa shape index (κ3) is 3.12. The topological polar surface area (TPSA) is 60.2 Å². The van der Waals surface area contributed by atoms with Gasteiger partial charge in [0.05, 0.1) is 29.2 Å². The molecule has 0 aliphatic carbocycles. The molecule has 1 aromatic heterocycles. The maximum absolute atomic E-state index is 5.98. The molecule has 3 rings (SSSR count). The fraction of sp³-hybridized carbons (Fsp3) is 0.385. The third-order valence-electron chi connectivity index (χ3n) is 3.05. The molecular formula is C13H13Cl2N3O2. The van der Waals surface area contributed by atoms with E-state index in [-0.39, 0.29) is 6.10 Å². The molecule has 106 valence electrons. The second-order valence-corrected chi connectivity index (χ2v) is 5.36. The Labute approximate surface area is 126 Å². The summed E-state index contributed by atoms with van der Waals surface area (Å²) in [4.78, 5) is 4.36. The monoisotopic (exact) mass is 313 g/mol. The molecule has 5 nitrogen and oxygen atoms in total. The van der Waals surface area contributed by atoms with Crippen LogP contribution in [0.2, 0.25) is 10.0 Å². The highest BCUT2D eigenvalue weighted by Gasteiger charge is 2.18. The van der Waals surface area contributed by atoms with Gasteiger partial charge in [-0.1, -0.05) is 28.4 Å². The van der Waals surface area contributed by atoms with E-state index in [1.807, 2.05) is 6.07 Å². The van der Waals surface area contributed by atoms with Gasteiger partial charge in [-0.25, -0.2) is 0 Å². The van der Waals surface area contributed by atoms with Crippen molar-refractivity contribution < 1.29 is 9.26 Å². The zero-order valence-electron chi connectivity index (χ0n) is 10.6. The van der Waals surface area contributed by atoms with Crippen LogP contribution < -0.4 is 5.32 Å². The molecule has 20 heavy (non-hydrogen) atoms. The molecular weight excluding hydrogens is 301 g/mol. The molecule has 0 bridgehead atoms. The second-order valence-electron chi connectivity index (χ2n) is 4.54. The first-order valence-corrected chi connectivity index (χ1v) is 7.08. The molecule has 1 saturated heterocycles. The molecule has 7 heteroatoms. The van der Waals surface area contributed by atoms with Gasteiger partial charge in [0, 0.05) is 18.7 Å². The van der Waals surface area contributed by atoms with E-state index in [9.17, 15) is 0 Å². The van der Waals surface area contributed by atoms with Gasteiger partial charge in [-0.05, 0) is 18.2 Å². The van der Waals surface area contributed by atoms with Crippen LogP contribution in [0.15, 0.2) is 22.7 Å². The van der Waals surface area contributed by atoms with E-state index >= 15 is 0 Å². The van der Waals surface area contributed by atoms with Crippen LogP contribution in [0, 0.1) is 0 Å². The first-order valence-electron chi connectivity index (χ1n) is 6.33. The largest absolute Gasteiger partial charge is 0.375 e. The highest BCUT2D eigenvalue weighted by atomic mass is 35.5. The zero-order valence-corrected chi connectivity index (χ0v) is 12.1. The van der Waals surface area contributed by atoms with Gasteiger partial charge in [0.25, 0.3) is 0 Å². The van der Waals surface area contributed by atoms with E-state index in [1.54, 1.807) is 12.1 Å². The van der Waals surface area contributed by atoms with Crippen LogP contribution in [0.1, 0.15) is 5.89 Å². The number of rotatable bonds is 3. The van der Waals surface area contributed by atoms with E-state index < -0.39 is 0 Å². The van der Waals surface area contributed by atoms with Gasteiger partial charge < -0.3 is 14.6 Å². The number of aromatic nitrogens is 2. The molecule has 1 atom stereocenters. The number of nitrogens with one attached hydrogen (secondary N) is 1. The van der Waals surface area contributed by atoms with Gasteiger partial charge in [-0.2, -0.15) is 4.98 Å². The number of hydrogen-bond donors (Lipinski definition) is 1. The SMILES string of the molecule is Clc1ccc(-c2noc(CC3CNCCO3)n2)cc1Cl. The van der Waals surface area contributed by atoms with E-state index in [2.05, 4.69) is 15.5 Å². The molecule has 0 saturated carbocycles. The van der Waals surface area contributed by atoms with Crippen molar-refractivity contribution in [2.24, 2.45) is 0 Å². The molecule has 2 aromatic rings. The molecule has 1 unspecified atom stereocenters. The Morgan fingerprint density at radius 2 is 2.20 bits per heavy atom. The van der Waals surface area contributed by atoms with E-state index in [1.165, 1.54) is 0 Å². The molecule has 1 aliphatic heterocycles. The quantitative estimate of drug-likeness (QED) is 0.943. The summed E-state index contributed by atoms with van der Waals surface area (Å²) in [7, 11) is 0. The predicted octanol–water partition coefficient (Wildman–Crippen LogP) is 2.57. The number of benzene rings is 1. The van der Waals surface area contributed by atoms with Crippen molar-refractivity contribution >= 4 is 23.2 Å². The molecule has 0 spiro atoms. The van der Waals surface area contributed by atoms with Crippen molar-refractivity contribution in [2.75, 3.05) is 19.7 Å². The standard InChI is InChI=1S/C13H13Cl2N3O2/c14-10-2-1-8(5-11(10)15)13-17-12(20-18-13)6-9-7-16-3-4-19-9/h1-2,5,9,16H,3-4,6-7H2. The lowest BCUT2D eigenvalue weighted by Crippen LogP contribution is -2.39. The summed E-state index contributed by atoms with van der Waals surface area (Å²) in [6.45, 7) is 2.39. The Bertz CT molecular complexity index is 597. The van der Waals surface area contributed by atoms with E-state index in [4.69, 9.17) is 32.5 Å². The van der Waals surface area contributed by atoms with Crippen LogP contribution in [0.4, 0.5) is 0 Å². The molecule has 1 aromatic carbocycles. The van der Waals surface area contributed by atoms with E-state index in [0.717, 1.165) is 18.7 Å². The number of halogens is 2. The molecule has 2 heterocycles. The summed E-state index contributed by atoms with van der Waals surface area (Å²) >= 11 is 11.9. The Balaban J connectivity index is 1.73. The number of nitrogens with zero attached hydrogens (tertiary/aromatic N) is 2. The number of hydrogen-bond acceptors (Lipinski definition) is 5. The Morgan fingerprint density at radius 1 is 1.30 bits per heavy atom. The Kier molecular flexibility index (Phi) is 4.21. The molecule has 1 N–H and O–H groups in total. The van der Waals surface area contributed by atoms with Crippen molar-refractivity contribution in [3.05, 3.63) is 34.1 Å². The minimum absolute atomic E-state index is 0.0749. The second kappa shape index (κ2) is 6.10. The molecule has 0 radical (unpaired) electrons. The fourth-order valence-corrected chi connectivity index (χ4v) is 2.33. The summed E-state index contributed by atoms with van der Waals surface area (Å²) in [6, 6.07) is 5.24. The van der Waals surface area contributed by atoms with Crippen molar-refractivity contribution in [2.45, 2.75) is 12.5 Å². The average Bonchev–Trinajstić information content (AvgIpc) is 2.91. The van der Waals surface area contributed by atoms with Gasteiger partial charge in [-0.15, -0.1) is 0 Å². The van der Waals surface area contributed by atoms with Gasteiger partial charge >= 0.3 is 0 Å². The van der Waals surface area contributed by atoms with Gasteiger partial charge in [-0.3, -0.25) is 0 Å². The molecule has 0 amide bonds. The van der Waals surface area contributed by atoms with Crippen LogP contribution in [-0.4, -0.2) is 35.9 Å². The van der Waals surface area contributed by atoms with Crippen LogP contribution >= 0.6 is 23.2 Å². The van der Waals surface area contributed by atoms with Gasteiger partial charge in [0.1, 0.15) is 0 Å². The highest BCUT2D eigenvalue weighted by molar-refractivity contribution is 6.42. The van der Waals surface area contributed by atoms with Crippen molar-refractivity contribution in [1.29, 1.82) is 0 Å². The summed E-state index contributed by atoms with van der Waals surface area (Å²) < 4.78 is 10.8. The Morgan fingerprint density at radius 3 is 2.95 bits per heavy atom. The maximum Gasteiger partial charge on any atom is 0.229 e. The minimum Gasteiger partial charge on any atom is -0.375 e. The first-order chi connectivity index (χ1) is 9.72. The smallest absolute Gasteiger partial charge is 0.229 e. The lowest BCUT2D eigenvalue weighted by atomic mass is 10.2. The number of ether oxygens (including phenoxy) is 1. The van der Waals surface area contributed by atoms with Crippen LogP contribution in [0.3, 0.4) is 0 Å². The Hall–Kier alpha value is -1.14. The summed E-state index contributed by atoms with van der Waals surface area (Å²) in [5, 5.41) is 8.19. The molecule has 1 aliphatic rings. The first kappa shape index (κ1) is 13.8. The average molecular weight is 314 g/mol. The van der Waals surface area contributed by atoms with Crippen molar-refractivity contribution in [3.8, 4) is 11.4 Å². The summed E-state index contributed by atoms with van der Waals surface area (Å²) in [5.74, 6) is 1.06. The fourth-order valence-electron chi connectivity index (χ4n) is 2.04. The summed E-state index contributed by atoms with van der Waals surface area (Å²) in [6.07, 6.45) is 0.673. The minimum atomic E-state index is 0.0749. The van der Waals surface area contributed by atoms with Crippen molar-refractivity contribution in [3.63, 3.8) is 0 Å². The zero-order chi connectivity index (χ0) is 13.9. The van der Waals surface area contributed by atoms with Gasteiger partial charge in [0.15, 0.2) is 0 Å².